The van der Waals surface area contributed by atoms with E-state index < -0.39 is 18.6 Å². The molecule has 34 heavy (non-hydrogen) atoms. The van der Waals surface area contributed by atoms with Crippen molar-refractivity contribution in [3.8, 4) is 0 Å². The van der Waals surface area contributed by atoms with E-state index >= 15 is 0 Å². The highest BCUT2D eigenvalue weighted by molar-refractivity contribution is 5.97. The van der Waals surface area contributed by atoms with Crippen LogP contribution >= 0.6 is 0 Å². The lowest BCUT2D eigenvalue weighted by molar-refractivity contribution is -0.135. The molecule has 2 heterocycles. The summed E-state index contributed by atoms with van der Waals surface area (Å²) in [7, 11) is 1.49. The molecule has 0 radical (unpaired) electrons. The Morgan fingerprint density at radius 3 is 2.53 bits per heavy atom. The molecule has 4 N–H and O–H groups in total. The minimum absolute atomic E-state index is 0.000984. The van der Waals surface area contributed by atoms with E-state index in [4.69, 9.17) is 10.5 Å². The monoisotopic (exact) mass is 481 g/mol. The summed E-state index contributed by atoms with van der Waals surface area (Å²) in [6, 6.07) is 7.41. The number of primary amides is 1. The van der Waals surface area contributed by atoms with Crippen LogP contribution in [0.4, 0.5) is 36.3 Å². The van der Waals surface area contributed by atoms with Crippen molar-refractivity contribution >= 4 is 35.0 Å². The van der Waals surface area contributed by atoms with Crippen molar-refractivity contribution < 1.29 is 27.5 Å². The molecule has 0 saturated carbocycles. The molecular formula is C21H26F3N7O3. The first kappa shape index (κ1) is 25.0. The first-order valence-electron chi connectivity index (χ1n) is 10.5. The molecule has 1 unspecified atom stereocenters. The third-order valence-corrected chi connectivity index (χ3v) is 5.21. The minimum atomic E-state index is -4.50. The van der Waals surface area contributed by atoms with E-state index in [-0.39, 0.29) is 35.9 Å². The number of methoxy groups -OCH3 is 1. The van der Waals surface area contributed by atoms with Gasteiger partial charge in [-0.1, -0.05) is 0 Å². The van der Waals surface area contributed by atoms with E-state index in [0.717, 1.165) is 11.9 Å². The predicted molar refractivity (Wildman–Crippen MR) is 120 cm³/mol. The third-order valence-electron chi connectivity index (χ3n) is 5.21. The third kappa shape index (κ3) is 6.47. The maximum atomic E-state index is 12.6. The Balaban J connectivity index is 1.67. The van der Waals surface area contributed by atoms with Gasteiger partial charge in [0.15, 0.2) is 0 Å². The molecular weight excluding hydrogens is 455 g/mol. The number of benzene rings is 1. The van der Waals surface area contributed by atoms with Crippen molar-refractivity contribution in [1.29, 1.82) is 0 Å². The molecule has 2 aromatic rings. The van der Waals surface area contributed by atoms with Gasteiger partial charge < -0.3 is 30.9 Å². The largest absolute Gasteiger partial charge is 0.405 e. The van der Waals surface area contributed by atoms with Crippen molar-refractivity contribution in [2.24, 2.45) is 5.73 Å². The fourth-order valence-electron chi connectivity index (χ4n) is 3.59. The molecule has 13 heteroatoms. The maximum absolute atomic E-state index is 12.6. The number of nitrogens with one attached hydrogen (secondary N) is 2. The van der Waals surface area contributed by atoms with Crippen LogP contribution in [0.1, 0.15) is 17.3 Å². The number of hydrogen-bond acceptors (Lipinski definition) is 8. The Hall–Kier alpha value is -3.61. The summed E-state index contributed by atoms with van der Waals surface area (Å²) in [5.41, 5.74) is 6.50. The van der Waals surface area contributed by atoms with Gasteiger partial charge >= 0.3 is 6.18 Å². The first-order chi connectivity index (χ1) is 16.1. The summed E-state index contributed by atoms with van der Waals surface area (Å²) >= 11 is 0. The number of nitrogens with two attached hydrogens (primary N) is 1. The maximum Gasteiger partial charge on any atom is 0.405 e. The molecule has 1 atom stereocenters. The molecule has 0 aliphatic carbocycles. The molecule has 0 bridgehead atoms. The van der Waals surface area contributed by atoms with Gasteiger partial charge in [-0.2, -0.15) is 18.2 Å². The summed E-state index contributed by atoms with van der Waals surface area (Å²) in [5, 5.41) is 4.98. The number of hydrogen-bond donors (Lipinski definition) is 3. The second-order valence-electron chi connectivity index (χ2n) is 7.78. The lowest BCUT2D eigenvalue weighted by Crippen LogP contribution is -2.54. The molecule has 1 aromatic carbocycles. The van der Waals surface area contributed by atoms with Crippen molar-refractivity contribution in [2.75, 3.05) is 55.4 Å². The van der Waals surface area contributed by atoms with Crippen LogP contribution in [0.25, 0.3) is 0 Å². The zero-order valence-corrected chi connectivity index (χ0v) is 18.7. The standard InChI is InChI=1S/C21H26F3N7O3/c1-13-10-30(17(32)11-34-2)7-8-31(13)15-5-3-14(4-6-15)28-20-26-9-16(18(25)33)19(29-20)27-12-21(22,23)24/h3-6,9,13H,7-8,10-12H2,1-2H3,(H2,25,33)(H2,26,27,28,29). The van der Waals surface area contributed by atoms with Crippen LogP contribution in [-0.4, -0.2) is 78.8 Å². The molecule has 1 aliphatic heterocycles. The molecule has 3 rings (SSSR count). The van der Waals surface area contributed by atoms with Crippen molar-refractivity contribution in [3.63, 3.8) is 0 Å². The number of carbonyl (C=O) groups is 2. The first-order valence-corrected chi connectivity index (χ1v) is 10.5. The Bertz CT molecular complexity index is 1020. The minimum Gasteiger partial charge on any atom is -0.375 e. The van der Waals surface area contributed by atoms with Crippen LogP contribution < -0.4 is 21.3 Å². The summed E-state index contributed by atoms with van der Waals surface area (Å²) in [5.74, 6) is -1.30. The van der Waals surface area contributed by atoms with Crippen LogP contribution in [-0.2, 0) is 9.53 Å². The van der Waals surface area contributed by atoms with Gasteiger partial charge in [0.25, 0.3) is 5.91 Å². The number of nitrogens with zero attached hydrogens (tertiary/aromatic N) is 4. The van der Waals surface area contributed by atoms with Crippen LogP contribution in [0, 0.1) is 0 Å². The Morgan fingerprint density at radius 2 is 1.94 bits per heavy atom. The highest BCUT2D eigenvalue weighted by Gasteiger charge is 2.28. The molecule has 1 saturated heterocycles. The van der Waals surface area contributed by atoms with E-state index in [9.17, 15) is 22.8 Å². The lowest BCUT2D eigenvalue weighted by atomic mass is 10.1. The second kappa shape index (κ2) is 10.5. The second-order valence-corrected chi connectivity index (χ2v) is 7.78. The highest BCUT2D eigenvalue weighted by Crippen LogP contribution is 2.25. The zero-order chi connectivity index (χ0) is 24.9. The van der Waals surface area contributed by atoms with Gasteiger partial charge in [-0.3, -0.25) is 9.59 Å². The average molecular weight is 481 g/mol. The fourth-order valence-corrected chi connectivity index (χ4v) is 3.59. The number of halogens is 3. The van der Waals surface area contributed by atoms with Crippen LogP contribution in [0.3, 0.4) is 0 Å². The number of aromatic nitrogens is 2. The lowest BCUT2D eigenvalue weighted by Gasteiger charge is -2.41. The summed E-state index contributed by atoms with van der Waals surface area (Å²) in [6.07, 6.45) is -3.43. The van der Waals surface area contributed by atoms with E-state index in [0.29, 0.717) is 25.3 Å². The van der Waals surface area contributed by atoms with E-state index in [1.165, 1.54) is 7.11 Å². The number of ether oxygens (including phenoxy) is 1. The van der Waals surface area contributed by atoms with Crippen molar-refractivity contribution in [1.82, 2.24) is 14.9 Å². The van der Waals surface area contributed by atoms with Gasteiger partial charge in [0.2, 0.25) is 11.9 Å². The number of amides is 2. The Labute approximate surface area is 194 Å². The molecule has 2 amide bonds. The fraction of sp³-hybridized carbons (Fsp3) is 0.429. The SMILES string of the molecule is COCC(=O)N1CCN(c2ccc(Nc3ncc(C(N)=O)c(NCC(F)(F)F)n3)cc2)C(C)C1. The van der Waals surface area contributed by atoms with Crippen LogP contribution in [0.15, 0.2) is 30.5 Å². The molecule has 1 aliphatic rings. The summed E-state index contributed by atoms with van der Waals surface area (Å²) < 4.78 is 42.6. The van der Waals surface area contributed by atoms with Gasteiger partial charge in [-0.15, -0.1) is 0 Å². The summed E-state index contributed by atoms with van der Waals surface area (Å²) in [6.45, 7) is 2.54. The average Bonchev–Trinajstić information content (AvgIpc) is 2.78. The van der Waals surface area contributed by atoms with E-state index in [2.05, 4.69) is 25.5 Å². The Morgan fingerprint density at radius 1 is 1.24 bits per heavy atom. The molecule has 1 fully saturated rings. The van der Waals surface area contributed by atoms with Gasteiger partial charge in [0, 0.05) is 50.4 Å². The van der Waals surface area contributed by atoms with Gasteiger partial charge in [-0.25, -0.2) is 4.98 Å². The quantitative estimate of drug-likeness (QED) is 0.523. The number of piperazine rings is 1. The number of carbonyl (C=O) groups excluding carboxylic acids is 2. The van der Waals surface area contributed by atoms with Gasteiger partial charge in [0.1, 0.15) is 19.0 Å². The van der Waals surface area contributed by atoms with Gasteiger partial charge in [0.05, 0.1) is 5.56 Å². The van der Waals surface area contributed by atoms with Gasteiger partial charge in [-0.05, 0) is 31.2 Å². The zero-order valence-electron chi connectivity index (χ0n) is 18.7. The van der Waals surface area contributed by atoms with Crippen LogP contribution in [0.5, 0.6) is 0 Å². The van der Waals surface area contributed by atoms with Crippen molar-refractivity contribution in [2.45, 2.75) is 19.1 Å². The molecule has 10 nitrogen and oxygen atoms in total. The number of rotatable bonds is 8. The number of anilines is 4. The highest BCUT2D eigenvalue weighted by atomic mass is 19.4. The molecule has 1 aromatic heterocycles. The smallest absolute Gasteiger partial charge is 0.375 e. The topological polar surface area (TPSA) is 126 Å². The molecule has 0 spiro atoms. The summed E-state index contributed by atoms with van der Waals surface area (Å²) in [4.78, 5) is 35.4. The predicted octanol–water partition coefficient (Wildman–Crippen LogP) is 1.98. The number of alkyl halides is 3. The van der Waals surface area contributed by atoms with Crippen LogP contribution in [0.2, 0.25) is 0 Å². The van der Waals surface area contributed by atoms with E-state index in [1.54, 1.807) is 17.0 Å². The normalized spacial score (nSPS) is 16.3. The molecule has 184 valence electrons. The Kier molecular flexibility index (Phi) is 7.76. The van der Waals surface area contributed by atoms with E-state index in [1.807, 2.05) is 19.1 Å². The van der Waals surface area contributed by atoms with Crippen molar-refractivity contribution in [3.05, 3.63) is 36.0 Å².